The van der Waals surface area contributed by atoms with Crippen LogP contribution in [0.15, 0.2) is 23.1 Å². The Morgan fingerprint density at radius 3 is 2.81 bits per heavy atom. The summed E-state index contributed by atoms with van der Waals surface area (Å²) in [6, 6.07) is 5.51. The minimum Gasteiger partial charge on any atom is -0.373 e. The number of hydrogen-bond acceptors (Lipinski definition) is 4. The van der Waals surface area contributed by atoms with E-state index in [1.165, 1.54) is 6.26 Å². The molecule has 1 aromatic carbocycles. The summed E-state index contributed by atoms with van der Waals surface area (Å²) in [5.41, 5.74) is 1.46. The Labute approximate surface area is 127 Å². The lowest BCUT2D eigenvalue weighted by Gasteiger charge is -2.21. The standard InChI is InChI=1S/C14H16N2O3S2/c1-21(17,18)12-4-2-3-9-13(12)15-14(20)16(9)10-7-8-5-6-11(10)19-8/h2-4,8,10-11H,5-7H2,1H3,(H,15,20). The molecule has 2 aliphatic heterocycles. The van der Waals surface area contributed by atoms with Gasteiger partial charge in [0.25, 0.3) is 0 Å². The topological polar surface area (TPSA) is 64.1 Å². The maximum Gasteiger partial charge on any atom is 0.178 e. The average Bonchev–Trinajstić information content (AvgIpc) is 3.08. The number of nitrogens with one attached hydrogen (secondary N) is 1. The van der Waals surface area contributed by atoms with Gasteiger partial charge in [-0.15, -0.1) is 0 Å². The van der Waals surface area contributed by atoms with E-state index in [0.29, 0.717) is 21.3 Å². The fraction of sp³-hybridized carbons (Fsp3) is 0.500. The molecule has 3 unspecified atom stereocenters. The van der Waals surface area contributed by atoms with Gasteiger partial charge in [0.15, 0.2) is 14.6 Å². The maximum atomic E-state index is 11.9. The fourth-order valence-corrected chi connectivity index (χ4v) is 4.83. The second-order valence-electron chi connectivity index (χ2n) is 5.90. The number of H-pyrrole nitrogens is 1. The third-order valence-corrected chi connectivity index (χ3v) is 5.96. The molecular weight excluding hydrogens is 308 g/mol. The Balaban J connectivity index is 1.95. The first-order valence-electron chi connectivity index (χ1n) is 7.04. The van der Waals surface area contributed by atoms with Crippen molar-refractivity contribution >= 4 is 33.1 Å². The summed E-state index contributed by atoms with van der Waals surface area (Å²) in [5, 5.41) is 0. The van der Waals surface area contributed by atoms with Crippen molar-refractivity contribution in [3.8, 4) is 0 Å². The Morgan fingerprint density at radius 2 is 2.19 bits per heavy atom. The number of aromatic amines is 1. The zero-order valence-electron chi connectivity index (χ0n) is 11.6. The van der Waals surface area contributed by atoms with Crippen LogP contribution in [-0.4, -0.2) is 36.4 Å². The van der Waals surface area contributed by atoms with E-state index in [-0.39, 0.29) is 12.1 Å². The Morgan fingerprint density at radius 1 is 1.38 bits per heavy atom. The van der Waals surface area contributed by atoms with Crippen molar-refractivity contribution in [2.24, 2.45) is 0 Å². The summed E-state index contributed by atoms with van der Waals surface area (Å²) >= 11 is 5.44. The Bertz CT molecular complexity index is 881. The first-order valence-corrected chi connectivity index (χ1v) is 9.34. The van der Waals surface area contributed by atoms with Crippen molar-refractivity contribution in [2.45, 2.75) is 42.4 Å². The summed E-state index contributed by atoms with van der Waals surface area (Å²) in [5.74, 6) is 0. The molecule has 1 aromatic heterocycles. The van der Waals surface area contributed by atoms with E-state index in [0.717, 1.165) is 24.8 Å². The molecule has 2 bridgehead atoms. The third kappa shape index (κ3) is 1.98. The second-order valence-corrected chi connectivity index (χ2v) is 8.27. The van der Waals surface area contributed by atoms with Crippen LogP contribution in [0.2, 0.25) is 0 Å². The quantitative estimate of drug-likeness (QED) is 0.863. The van der Waals surface area contributed by atoms with Crippen LogP contribution in [-0.2, 0) is 14.6 Å². The summed E-state index contributed by atoms with van der Waals surface area (Å²) in [6.45, 7) is 0. The number of benzene rings is 1. The normalized spacial score (nSPS) is 28.5. The van der Waals surface area contributed by atoms with Crippen molar-refractivity contribution in [3.05, 3.63) is 23.0 Å². The minimum absolute atomic E-state index is 0.197. The summed E-state index contributed by atoms with van der Waals surface area (Å²) in [6.07, 6.45) is 4.86. The van der Waals surface area contributed by atoms with Crippen LogP contribution in [0.5, 0.6) is 0 Å². The van der Waals surface area contributed by atoms with Gasteiger partial charge in [-0.25, -0.2) is 8.42 Å². The van der Waals surface area contributed by atoms with Gasteiger partial charge in [0.2, 0.25) is 0 Å². The van der Waals surface area contributed by atoms with E-state index in [9.17, 15) is 8.42 Å². The van der Waals surface area contributed by atoms with Crippen LogP contribution in [0.25, 0.3) is 11.0 Å². The molecule has 2 fully saturated rings. The highest BCUT2D eigenvalue weighted by atomic mass is 32.2. The van der Waals surface area contributed by atoms with Crippen molar-refractivity contribution < 1.29 is 13.2 Å². The van der Waals surface area contributed by atoms with Crippen molar-refractivity contribution in [1.82, 2.24) is 9.55 Å². The summed E-state index contributed by atoms with van der Waals surface area (Å²) in [7, 11) is -3.29. The molecule has 21 heavy (non-hydrogen) atoms. The van der Waals surface area contributed by atoms with Crippen molar-refractivity contribution in [3.63, 3.8) is 0 Å². The largest absolute Gasteiger partial charge is 0.373 e. The number of sulfone groups is 1. The van der Waals surface area contributed by atoms with Crippen LogP contribution in [0.4, 0.5) is 0 Å². The monoisotopic (exact) mass is 324 g/mol. The molecule has 3 heterocycles. The average molecular weight is 324 g/mol. The van der Waals surface area contributed by atoms with Crippen LogP contribution in [0, 0.1) is 4.77 Å². The Kier molecular flexibility index (Phi) is 2.83. The van der Waals surface area contributed by atoms with Crippen LogP contribution >= 0.6 is 12.2 Å². The molecule has 2 aliphatic rings. The van der Waals surface area contributed by atoms with Crippen molar-refractivity contribution in [1.29, 1.82) is 0 Å². The van der Waals surface area contributed by atoms with E-state index in [2.05, 4.69) is 4.98 Å². The first-order chi connectivity index (χ1) is 9.95. The first kappa shape index (κ1) is 13.5. The number of imidazole rings is 1. The molecular formula is C14H16N2O3S2. The van der Waals surface area contributed by atoms with E-state index in [1.54, 1.807) is 12.1 Å². The predicted octanol–water partition coefficient (Wildman–Crippen LogP) is 2.59. The maximum absolute atomic E-state index is 11.9. The number of aromatic nitrogens is 2. The third-order valence-electron chi connectivity index (χ3n) is 4.52. The van der Waals surface area contributed by atoms with E-state index < -0.39 is 9.84 Å². The highest BCUT2D eigenvalue weighted by Crippen LogP contribution is 2.43. The molecule has 0 radical (unpaired) electrons. The van der Waals surface area contributed by atoms with Crippen molar-refractivity contribution in [2.75, 3.05) is 6.26 Å². The molecule has 0 saturated carbocycles. The van der Waals surface area contributed by atoms with Gasteiger partial charge in [-0.3, -0.25) is 0 Å². The molecule has 2 aromatic rings. The van der Waals surface area contributed by atoms with Gasteiger partial charge in [0, 0.05) is 6.26 Å². The summed E-state index contributed by atoms with van der Waals surface area (Å²) < 4.78 is 32.4. The number of nitrogens with zero attached hydrogens (tertiary/aromatic N) is 1. The number of fused-ring (bicyclic) bond motifs is 3. The zero-order chi connectivity index (χ0) is 14.8. The molecule has 5 nitrogen and oxygen atoms in total. The molecule has 0 amide bonds. The smallest absolute Gasteiger partial charge is 0.178 e. The van der Waals surface area contributed by atoms with Gasteiger partial charge < -0.3 is 14.3 Å². The molecule has 3 atom stereocenters. The number of hydrogen-bond donors (Lipinski definition) is 1. The molecule has 7 heteroatoms. The molecule has 0 aliphatic carbocycles. The van der Waals surface area contributed by atoms with Gasteiger partial charge in [-0.1, -0.05) is 6.07 Å². The van der Waals surface area contributed by atoms with E-state index in [1.807, 2.05) is 10.6 Å². The van der Waals surface area contributed by atoms with E-state index >= 15 is 0 Å². The molecule has 1 N–H and O–H groups in total. The van der Waals surface area contributed by atoms with Gasteiger partial charge in [-0.05, 0) is 43.6 Å². The van der Waals surface area contributed by atoms with Gasteiger partial charge in [0.05, 0.1) is 34.2 Å². The lowest BCUT2D eigenvalue weighted by Crippen LogP contribution is -2.20. The lowest BCUT2D eigenvalue weighted by molar-refractivity contribution is 0.0941. The highest BCUT2D eigenvalue weighted by Gasteiger charge is 2.42. The van der Waals surface area contributed by atoms with Crippen LogP contribution in [0.3, 0.4) is 0 Å². The predicted molar refractivity (Wildman–Crippen MR) is 81.8 cm³/mol. The van der Waals surface area contributed by atoms with Gasteiger partial charge in [0.1, 0.15) is 0 Å². The van der Waals surface area contributed by atoms with Gasteiger partial charge >= 0.3 is 0 Å². The van der Waals surface area contributed by atoms with Gasteiger partial charge in [-0.2, -0.15) is 0 Å². The number of para-hydroxylation sites is 1. The second kappa shape index (κ2) is 4.41. The van der Waals surface area contributed by atoms with E-state index in [4.69, 9.17) is 17.0 Å². The number of rotatable bonds is 2. The fourth-order valence-electron chi connectivity index (χ4n) is 3.64. The minimum atomic E-state index is -3.29. The zero-order valence-corrected chi connectivity index (χ0v) is 13.2. The summed E-state index contributed by atoms with van der Waals surface area (Å²) in [4.78, 5) is 3.38. The Hall–Kier alpha value is -1.18. The molecule has 112 valence electrons. The van der Waals surface area contributed by atoms with Crippen LogP contribution < -0.4 is 0 Å². The van der Waals surface area contributed by atoms with Crippen LogP contribution in [0.1, 0.15) is 25.3 Å². The number of ether oxygens (including phenoxy) is 1. The SMILES string of the molecule is CS(=O)(=O)c1cccc2c1[nH]c(=S)n2C1CC2CCC1O2. The molecule has 0 spiro atoms. The molecule has 2 saturated heterocycles. The highest BCUT2D eigenvalue weighted by molar-refractivity contribution is 7.91. The lowest BCUT2D eigenvalue weighted by atomic mass is 9.95. The molecule has 4 rings (SSSR count).